The van der Waals surface area contributed by atoms with Crippen LogP contribution in [0.5, 0.6) is 0 Å². The van der Waals surface area contributed by atoms with Crippen molar-refractivity contribution in [2.24, 2.45) is 0 Å². The number of likely N-dealkylation sites (N-methyl/N-ethyl adjacent to an activating group) is 1. The minimum atomic E-state index is -1.25. The van der Waals surface area contributed by atoms with E-state index in [1.165, 1.54) is 24.1 Å². The van der Waals surface area contributed by atoms with Crippen LogP contribution in [0.4, 0.5) is 0 Å². The number of benzene rings is 2. The third kappa shape index (κ3) is 3.98. The molecule has 8 nitrogen and oxygen atoms in total. The number of carbonyl (C=O) groups is 5. The number of esters is 1. The van der Waals surface area contributed by atoms with E-state index in [4.69, 9.17) is 16.3 Å². The van der Waals surface area contributed by atoms with Crippen LogP contribution in [-0.4, -0.2) is 59.5 Å². The molecule has 0 N–H and O–H groups in total. The molecule has 3 amide bonds. The fourth-order valence-electron chi connectivity index (χ4n) is 4.64. The van der Waals surface area contributed by atoms with Gasteiger partial charge in [0.1, 0.15) is 12.1 Å². The zero-order chi connectivity index (χ0) is 24.5. The number of hydrogen-bond donors (Lipinski definition) is 0. The van der Waals surface area contributed by atoms with Gasteiger partial charge in [-0.2, -0.15) is 0 Å². The van der Waals surface area contributed by atoms with Gasteiger partial charge in [0.25, 0.3) is 17.7 Å². The molecule has 0 spiro atoms. The van der Waals surface area contributed by atoms with Crippen molar-refractivity contribution in [2.75, 3.05) is 20.2 Å². The first-order valence-electron chi connectivity index (χ1n) is 10.9. The molecule has 1 aliphatic heterocycles. The summed E-state index contributed by atoms with van der Waals surface area (Å²) in [6, 6.07) is 13.2. The highest BCUT2D eigenvalue weighted by molar-refractivity contribution is 6.31. The zero-order valence-electron chi connectivity index (χ0n) is 18.6. The van der Waals surface area contributed by atoms with Crippen molar-refractivity contribution in [3.05, 3.63) is 70.2 Å². The van der Waals surface area contributed by atoms with E-state index in [1.54, 1.807) is 36.4 Å². The van der Waals surface area contributed by atoms with E-state index in [0.717, 1.165) is 17.7 Å². The first-order chi connectivity index (χ1) is 16.3. The van der Waals surface area contributed by atoms with Gasteiger partial charge in [-0.25, -0.2) is 0 Å². The molecule has 176 valence electrons. The molecule has 0 saturated heterocycles. The molecule has 0 bridgehead atoms. The van der Waals surface area contributed by atoms with Gasteiger partial charge in [-0.05, 0) is 37.5 Å². The average Bonchev–Trinajstić information content (AvgIpc) is 3.08. The largest absolute Gasteiger partial charge is 0.454 e. The van der Waals surface area contributed by atoms with E-state index in [-0.39, 0.29) is 16.9 Å². The summed E-state index contributed by atoms with van der Waals surface area (Å²) in [5, 5.41) is 0.375. The molecule has 9 heteroatoms. The van der Waals surface area contributed by atoms with Gasteiger partial charge in [0.15, 0.2) is 12.4 Å². The molecule has 0 radical (unpaired) electrons. The minimum Gasteiger partial charge on any atom is -0.454 e. The van der Waals surface area contributed by atoms with Gasteiger partial charge >= 0.3 is 5.97 Å². The number of imide groups is 1. The summed E-state index contributed by atoms with van der Waals surface area (Å²) >= 11 is 6.40. The number of nitrogens with zero attached hydrogens (tertiary/aromatic N) is 2. The Labute approximate surface area is 201 Å². The van der Waals surface area contributed by atoms with Crippen LogP contribution in [0.3, 0.4) is 0 Å². The summed E-state index contributed by atoms with van der Waals surface area (Å²) in [6.07, 6.45) is 2.17. The van der Waals surface area contributed by atoms with Crippen LogP contribution < -0.4 is 0 Å². The first-order valence-corrected chi connectivity index (χ1v) is 11.3. The summed E-state index contributed by atoms with van der Waals surface area (Å²) in [5.41, 5.74) is -0.278. The number of Topliss-reactive ketones (excluding diaryl/α,β-unsaturated/α-hetero) is 1. The number of carbonyl (C=O) groups excluding carboxylic acids is 5. The van der Waals surface area contributed by atoms with Crippen LogP contribution in [-0.2, 0) is 24.7 Å². The van der Waals surface area contributed by atoms with E-state index in [9.17, 15) is 24.0 Å². The van der Waals surface area contributed by atoms with Crippen molar-refractivity contribution in [3.63, 3.8) is 0 Å². The number of halogens is 1. The maximum absolute atomic E-state index is 13.1. The number of ether oxygens (including phenoxy) is 1. The van der Waals surface area contributed by atoms with Gasteiger partial charge in [0, 0.05) is 24.1 Å². The van der Waals surface area contributed by atoms with E-state index < -0.39 is 42.4 Å². The van der Waals surface area contributed by atoms with Crippen LogP contribution in [0, 0.1) is 0 Å². The number of ketones is 1. The summed E-state index contributed by atoms with van der Waals surface area (Å²) in [6.45, 7) is -1.25. The Morgan fingerprint density at radius 2 is 1.62 bits per heavy atom. The Hall–Kier alpha value is -3.52. The molecule has 4 rings (SSSR count). The molecule has 2 aliphatic rings. The lowest BCUT2D eigenvalue weighted by molar-refractivity contribution is -0.157. The molecule has 1 saturated carbocycles. The second-order valence-electron chi connectivity index (χ2n) is 8.33. The fraction of sp³-hybridized carbons (Fsp3) is 0.320. The molecule has 2 aromatic rings. The van der Waals surface area contributed by atoms with Gasteiger partial charge in [0.05, 0.1) is 11.1 Å². The van der Waals surface area contributed by atoms with Crippen molar-refractivity contribution in [1.29, 1.82) is 0 Å². The second-order valence-corrected chi connectivity index (χ2v) is 8.73. The fourth-order valence-corrected chi connectivity index (χ4v) is 4.93. The molecule has 1 unspecified atom stereocenters. The van der Waals surface area contributed by atoms with Crippen LogP contribution in [0.2, 0.25) is 5.02 Å². The quantitative estimate of drug-likeness (QED) is 0.463. The molecular weight excluding hydrogens is 460 g/mol. The smallest absolute Gasteiger partial charge is 0.326 e. The van der Waals surface area contributed by atoms with Crippen molar-refractivity contribution in [1.82, 2.24) is 9.80 Å². The maximum atomic E-state index is 13.1. The number of hydrogen-bond acceptors (Lipinski definition) is 6. The molecule has 2 aromatic carbocycles. The van der Waals surface area contributed by atoms with Gasteiger partial charge in [-0.3, -0.25) is 28.9 Å². The van der Waals surface area contributed by atoms with Crippen LogP contribution in [0.25, 0.3) is 0 Å². The molecule has 1 fully saturated rings. The highest BCUT2D eigenvalue weighted by Crippen LogP contribution is 2.42. The summed E-state index contributed by atoms with van der Waals surface area (Å²) in [5.74, 6) is -2.80. The molecule has 34 heavy (non-hydrogen) atoms. The van der Waals surface area contributed by atoms with Crippen LogP contribution in [0.15, 0.2) is 48.5 Å². The standard InChI is InChI=1S/C25H23ClN2O6/c1-27(25(13-7-6-12-20(25)29)18-10-4-5-11-19(18)26)21(30)15-34-22(31)14-28-23(32)16-8-2-3-9-17(16)24(28)33/h2-5,8-11H,6-7,12-15H2,1H3. The van der Waals surface area contributed by atoms with Crippen molar-refractivity contribution >= 4 is 41.1 Å². The lowest BCUT2D eigenvalue weighted by Gasteiger charge is -2.43. The number of rotatable bonds is 6. The number of fused-ring (bicyclic) bond motifs is 1. The lowest BCUT2D eigenvalue weighted by Crippen LogP contribution is -2.55. The molecule has 1 atom stereocenters. The Kier molecular flexibility index (Phi) is 6.52. The minimum absolute atomic E-state index is 0.125. The highest BCUT2D eigenvalue weighted by atomic mass is 35.5. The maximum Gasteiger partial charge on any atom is 0.326 e. The zero-order valence-corrected chi connectivity index (χ0v) is 19.3. The Balaban J connectivity index is 1.45. The lowest BCUT2D eigenvalue weighted by atomic mass is 9.74. The van der Waals surface area contributed by atoms with Crippen molar-refractivity contribution in [3.8, 4) is 0 Å². The topological polar surface area (TPSA) is 101 Å². The van der Waals surface area contributed by atoms with E-state index >= 15 is 0 Å². The molecule has 0 aromatic heterocycles. The third-order valence-electron chi connectivity index (χ3n) is 6.44. The van der Waals surface area contributed by atoms with Gasteiger partial charge < -0.3 is 9.64 Å². The van der Waals surface area contributed by atoms with Crippen LogP contribution >= 0.6 is 11.6 Å². The van der Waals surface area contributed by atoms with Crippen molar-refractivity contribution < 1.29 is 28.7 Å². The van der Waals surface area contributed by atoms with E-state index in [0.29, 0.717) is 23.4 Å². The summed E-state index contributed by atoms with van der Waals surface area (Å²) in [7, 11) is 1.49. The normalized spacial score (nSPS) is 19.7. The van der Waals surface area contributed by atoms with Gasteiger partial charge in [-0.15, -0.1) is 0 Å². The Bertz CT molecular complexity index is 1160. The average molecular weight is 483 g/mol. The summed E-state index contributed by atoms with van der Waals surface area (Å²) < 4.78 is 5.10. The molecule has 1 heterocycles. The number of amides is 3. The molecular formula is C25H23ClN2O6. The SMILES string of the molecule is CN(C(=O)COC(=O)CN1C(=O)c2ccccc2C1=O)C1(c2ccccc2Cl)CCCCC1=O. The highest BCUT2D eigenvalue weighted by Gasteiger charge is 2.48. The first kappa shape index (κ1) is 23.6. The van der Waals surface area contributed by atoms with E-state index in [2.05, 4.69) is 0 Å². The Morgan fingerprint density at radius 1 is 1.00 bits per heavy atom. The van der Waals surface area contributed by atoms with E-state index in [1.807, 2.05) is 0 Å². The predicted octanol–water partition coefficient (Wildman–Crippen LogP) is 2.98. The van der Waals surface area contributed by atoms with Crippen molar-refractivity contribution in [2.45, 2.75) is 31.2 Å². The molecule has 1 aliphatic carbocycles. The summed E-state index contributed by atoms with van der Waals surface area (Å²) in [4.78, 5) is 65.5. The third-order valence-corrected chi connectivity index (χ3v) is 6.77. The monoisotopic (exact) mass is 482 g/mol. The second kappa shape index (κ2) is 9.38. The van der Waals surface area contributed by atoms with Gasteiger partial charge in [0.2, 0.25) is 0 Å². The predicted molar refractivity (Wildman–Crippen MR) is 122 cm³/mol. The van der Waals surface area contributed by atoms with Crippen LogP contribution in [0.1, 0.15) is 52.0 Å². The van der Waals surface area contributed by atoms with Gasteiger partial charge in [-0.1, -0.05) is 41.9 Å². The Morgan fingerprint density at radius 3 is 2.24 bits per heavy atom.